The van der Waals surface area contributed by atoms with Gasteiger partial charge in [0, 0.05) is 25.5 Å². The molecule has 0 fully saturated rings. The zero-order valence-corrected chi connectivity index (χ0v) is 14.0. The highest BCUT2D eigenvalue weighted by Crippen LogP contribution is 2.27. The molecule has 2 unspecified atom stereocenters. The first-order valence-electron chi connectivity index (χ1n) is 7.71. The minimum absolute atomic E-state index is 0.164. The van der Waals surface area contributed by atoms with Crippen LogP contribution in [0, 0.1) is 11.7 Å². The van der Waals surface area contributed by atoms with E-state index >= 15 is 0 Å². The zero-order chi connectivity index (χ0) is 18.4. The van der Waals surface area contributed by atoms with Gasteiger partial charge in [0.2, 0.25) is 5.78 Å². The molecule has 1 aliphatic rings. The molecule has 1 aromatic carbocycles. The lowest BCUT2D eigenvalue weighted by atomic mass is 10.0. The van der Waals surface area contributed by atoms with E-state index in [1.54, 1.807) is 12.1 Å². The molecule has 0 aromatic heterocycles. The Morgan fingerprint density at radius 1 is 1.40 bits per heavy atom. The number of aliphatic hydroxyl groups is 1. The number of ketones is 1. The summed E-state index contributed by atoms with van der Waals surface area (Å²) in [6.07, 6.45) is 3.72. The molecule has 132 valence electrons. The van der Waals surface area contributed by atoms with Gasteiger partial charge in [-0.15, -0.1) is 0 Å². The van der Waals surface area contributed by atoms with E-state index in [9.17, 15) is 14.3 Å². The molecule has 0 saturated heterocycles. The maximum atomic E-state index is 12.9. The number of rotatable bonds is 6. The number of halogens is 1. The fourth-order valence-corrected chi connectivity index (χ4v) is 2.39. The zero-order valence-electron chi connectivity index (χ0n) is 14.0. The molecule has 2 rings (SSSR count). The molecule has 1 aromatic rings. The lowest BCUT2D eigenvalue weighted by Gasteiger charge is -2.14. The summed E-state index contributed by atoms with van der Waals surface area (Å²) in [5.74, 6) is -0.898. The van der Waals surface area contributed by atoms with E-state index in [-0.39, 0.29) is 17.6 Å². The second-order valence-corrected chi connectivity index (χ2v) is 5.65. The van der Waals surface area contributed by atoms with E-state index in [1.165, 1.54) is 25.5 Å². The van der Waals surface area contributed by atoms with Crippen LogP contribution in [0.1, 0.15) is 12.5 Å². The van der Waals surface area contributed by atoms with Crippen LogP contribution in [-0.2, 0) is 16.0 Å². The van der Waals surface area contributed by atoms with Crippen molar-refractivity contribution < 1.29 is 19.0 Å². The van der Waals surface area contributed by atoms with Gasteiger partial charge in [-0.3, -0.25) is 9.79 Å². The third-order valence-corrected chi connectivity index (χ3v) is 3.63. The highest BCUT2D eigenvalue weighted by Gasteiger charge is 2.31. The number of hydrogen-bond acceptors (Lipinski definition) is 4. The molecule has 0 amide bonds. The number of carbonyl (C=O) groups is 1. The van der Waals surface area contributed by atoms with Gasteiger partial charge in [-0.05, 0) is 23.8 Å². The molecule has 1 heterocycles. The van der Waals surface area contributed by atoms with Crippen molar-refractivity contribution in [2.75, 3.05) is 7.05 Å². The van der Waals surface area contributed by atoms with Crippen molar-refractivity contribution in [2.45, 2.75) is 19.4 Å². The van der Waals surface area contributed by atoms with Crippen LogP contribution in [-0.4, -0.2) is 36.2 Å². The Morgan fingerprint density at radius 2 is 2.08 bits per heavy atom. The number of hydrogen-bond donors (Lipinski definition) is 2. The van der Waals surface area contributed by atoms with Crippen LogP contribution in [0.25, 0.3) is 0 Å². The third-order valence-electron chi connectivity index (χ3n) is 3.63. The molecule has 0 radical (unpaired) electrons. The molecule has 3 N–H and O–H groups in total. The van der Waals surface area contributed by atoms with Crippen LogP contribution in [0.15, 0.2) is 57.9 Å². The minimum atomic E-state index is -0.745. The van der Waals surface area contributed by atoms with E-state index < -0.39 is 17.6 Å². The first-order chi connectivity index (χ1) is 11.9. The van der Waals surface area contributed by atoms with Crippen molar-refractivity contribution in [1.29, 1.82) is 0 Å². The molecule has 6 nitrogen and oxygen atoms in total. The monoisotopic (exact) mass is 345 g/mol. The Balaban J connectivity index is 2.02. The Kier molecular flexibility index (Phi) is 6.05. The van der Waals surface area contributed by atoms with Crippen LogP contribution >= 0.6 is 0 Å². The number of ether oxygens (including phenoxy) is 1. The Hall–Kier alpha value is -2.96. The highest BCUT2D eigenvalue weighted by atomic mass is 19.1. The SMILES string of the molecule is CN=CN=C(N)/C(O)=C/C(=O)C1OC(Cc2ccc(F)cc2)=CC1C. The van der Waals surface area contributed by atoms with E-state index in [4.69, 9.17) is 10.5 Å². The summed E-state index contributed by atoms with van der Waals surface area (Å²) in [6.45, 7) is 1.84. The minimum Gasteiger partial charge on any atom is -0.504 e. The van der Waals surface area contributed by atoms with Crippen LogP contribution in [0.5, 0.6) is 0 Å². The average molecular weight is 345 g/mol. The fourth-order valence-electron chi connectivity index (χ4n) is 2.39. The van der Waals surface area contributed by atoms with Crippen molar-refractivity contribution in [1.82, 2.24) is 0 Å². The van der Waals surface area contributed by atoms with Crippen molar-refractivity contribution in [3.05, 3.63) is 59.3 Å². The summed E-state index contributed by atoms with van der Waals surface area (Å²) >= 11 is 0. The maximum absolute atomic E-state index is 12.9. The Labute approximate surface area is 145 Å². The summed E-state index contributed by atoms with van der Waals surface area (Å²) in [5, 5.41) is 9.80. The first-order valence-corrected chi connectivity index (χ1v) is 7.71. The predicted molar refractivity (Wildman–Crippen MR) is 94.0 cm³/mol. The standard InChI is InChI=1S/C18H20FN3O3/c1-11-7-14(8-12-3-5-13(19)6-4-12)25-17(11)15(23)9-16(24)18(20)22-10-21-2/h3-7,9-11,17,24H,8H2,1-2H3,(H2,20,21,22)/b16-9-. The van der Waals surface area contributed by atoms with Crippen molar-refractivity contribution in [2.24, 2.45) is 21.6 Å². The number of allylic oxidation sites excluding steroid dienone is 1. The Bertz CT molecular complexity index is 751. The lowest BCUT2D eigenvalue weighted by molar-refractivity contribution is -0.123. The van der Waals surface area contributed by atoms with Gasteiger partial charge in [-0.2, -0.15) is 0 Å². The second-order valence-electron chi connectivity index (χ2n) is 5.65. The summed E-state index contributed by atoms with van der Waals surface area (Å²) < 4.78 is 18.6. The number of aliphatic hydroxyl groups excluding tert-OH is 1. The van der Waals surface area contributed by atoms with Crippen molar-refractivity contribution in [3.8, 4) is 0 Å². The average Bonchev–Trinajstić information content (AvgIpc) is 2.95. The third kappa shape index (κ3) is 5.00. The molecular formula is C18H20FN3O3. The number of carbonyl (C=O) groups excluding carboxylic acids is 1. The van der Waals surface area contributed by atoms with Gasteiger partial charge in [0.1, 0.15) is 12.2 Å². The number of amidine groups is 1. The van der Waals surface area contributed by atoms with E-state index in [0.29, 0.717) is 12.2 Å². The van der Waals surface area contributed by atoms with Gasteiger partial charge >= 0.3 is 0 Å². The number of benzene rings is 1. The second kappa shape index (κ2) is 8.23. The number of nitrogens with zero attached hydrogens (tertiary/aromatic N) is 2. The summed E-state index contributed by atoms with van der Waals surface area (Å²) in [4.78, 5) is 19.6. The molecule has 0 saturated carbocycles. The van der Waals surface area contributed by atoms with Gasteiger partial charge < -0.3 is 15.6 Å². The first kappa shape index (κ1) is 18.4. The van der Waals surface area contributed by atoms with Gasteiger partial charge in [-0.1, -0.05) is 19.1 Å². The smallest absolute Gasteiger partial charge is 0.200 e. The van der Waals surface area contributed by atoms with Gasteiger partial charge in [-0.25, -0.2) is 9.38 Å². The highest BCUT2D eigenvalue weighted by molar-refractivity contribution is 6.05. The maximum Gasteiger partial charge on any atom is 0.200 e. The largest absolute Gasteiger partial charge is 0.504 e. The van der Waals surface area contributed by atoms with E-state index in [1.807, 2.05) is 13.0 Å². The molecule has 0 bridgehead atoms. The summed E-state index contributed by atoms with van der Waals surface area (Å²) in [7, 11) is 1.51. The van der Waals surface area contributed by atoms with Crippen molar-refractivity contribution >= 4 is 18.0 Å². The quantitative estimate of drug-likeness (QED) is 0.358. The van der Waals surface area contributed by atoms with E-state index in [0.717, 1.165) is 11.6 Å². The topological polar surface area (TPSA) is 97.3 Å². The molecule has 25 heavy (non-hydrogen) atoms. The van der Waals surface area contributed by atoms with Gasteiger partial charge in [0.05, 0.1) is 5.76 Å². The molecule has 7 heteroatoms. The Morgan fingerprint density at radius 3 is 2.72 bits per heavy atom. The fraction of sp³-hybridized carbons (Fsp3) is 0.278. The normalized spacial score (nSPS) is 21.3. The predicted octanol–water partition coefficient (Wildman–Crippen LogP) is 2.31. The van der Waals surface area contributed by atoms with Crippen LogP contribution in [0.4, 0.5) is 4.39 Å². The summed E-state index contributed by atoms with van der Waals surface area (Å²) in [5.41, 5.74) is 6.41. The lowest BCUT2D eigenvalue weighted by Crippen LogP contribution is -2.26. The molecule has 2 atom stereocenters. The molecular weight excluding hydrogens is 325 g/mol. The number of nitrogens with two attached hydrogens (primary N) is 1. The van der Waals surface area contributed by atoms with Gasteiger partial charge in [0.15, 0.2) is 17.7 Å². The van der Waals surface area contributed by atoms with Crippen LogP contribution in [0.2, 0.25) is 0 Å². The van der Waals surface area contributed by atoms with Crippen molar-refractivity contribution in [3.63, 3.8) is 0 Å². The molecule has 0 aliphatic carbocycles. The molecule has 1 aliphatic heterocycles. The molecule has 0 spiro atoms. The number of aliphatic imine (C=N–C) groups is 2. The van der Waals surface area contributed by atoms with Crippen LogP contribution < -0.4 is 5.73 Å². The van der Waals surface area contributed by atoms with Gasteiger partial charge in [0.25, 0.3) is 0 Å². The van der Waals surface area contributed by atoms with E-state index in [2.05, 4.69) is 9.98 Å². The van der Waals surface area contributed by atoms with Crippen LogP contribution in [0.3, 0.4) is 0 Å². The summed E-state index contributed by atoms with van der Waals surface area (Å²) in [6, 6.07) is 6.08.